The van der Waals surface area contributed by atoms with E-state index in [1.165, 1.54) is 7.11 Å². The normalized spacial score (nSPS) is 10.7. The van der Waals surface area contributed by atoms with Crippen molar-refractivity contribution in [2.24, 2.45) is 0 Å². The molecule has 0 aliphatic carbocycles. The van der Waals surface area contributed by atoms with E-state index in [2.05, 4.69) is 20.4 Å². The number of amides is 1. The van der Waals surface area contributed by atoms with Crippen LogP contribution in [0, 0.1) is 0 Å². The number of hydrogen-bond acceptors (Lipinski definition) is 6. The largest absolute Gasteiger partial charge is 0.467 e. The van der Waals surface area contributed by atoms with Gasteiger partial charge in [0.15, 0.2) is 5.69 Å². The molecule has 1 N–H and O–H groups in total. The predicted octanol–water partition coefficient (Wildman–Crippen LogP) is 1.57. The van der Waals surface area contributed by atoms with Gasteiger partial charge >= 0.3 is 6.01 Å². The lowest BCUT2D eigenvalue weighted by Gasteiger charge is -2.03. The molecule has 0 saturated heterocycles. The highest BCUT2D eigenvalue weighted by Gasteiger charge is 2.13. The molecule has 0 aliphatic rings. The fourth-order valence-electron chi connectivity index (χ4n) is 1.66. The van der Waals surface area contributed by atoms with Crippen molar-refractivity contribution >= 4 is 5.91 Å². The molecular weight excluding hydrogens is 272 g/mol. The monoisotopic (exact) mass is 290 g/mol. The number of ether oxygens (including phenoxy) is 1. The Morgan fingerprint density at radius 3 is 2.67 bits per heavy atom. The van der Waals surface area contributed by atoms with Crippen molar-refractivity contribution < 1.29 is 14.1 Å². The van der Waals surface area contributed by atoms with Gasteiger partial charge in [0.2, 0.25) is 0 Å². The molecule has 0 unspecified atom stereocenters. The van der Waals surface area contributed by atoms with Gasteiger partial charge in [0, 0.05) is 30.9 Å². The third kappa shape index (κ3) is 4.01. The number of rotatable bonds is 6. The van der Waals surface area contributed by atoms with Crippen LogP contribution in [0.5, 0.6) is 6.01 Å². The molecule has 1 amide bonds. The molecule has 0 atom stereocenters. The maximum Gasteiger partial charge on any atom is 0.316 e. The summed E-state index contributed by atoms with van der Waals surface area (Å²) in [6.45, 7) is 4.43. The Morgan fingerprint density at radius 2 is 2.10 bits per heavy atom. The number of nitrogens with one attached hydrogen (secondary N) is 1. The van der Waals surface area contributed by atoms with E-state index in [1.807, 2.05) is 13.8 Å². The molecule has 7 nitrogen and oxygen atoms in total. The Kier molecular flexibility index (Phi) is 4.86. The van der Waals surface area contributed by atoms with Gasteiger partial charge in [-0.25, -0.2) is 9.97 Å². The van der Waals surface area contributed by atoms with Gasteiger partial charge < -0.3 is 14.6 Å². The van der Waals surface area contributed by atoms with E-state index in [1.54, 1.807) is 18.5 Å². The van der Waals surface area contributed by atoms with Gasteiger partial charge in [0.25, 0.3) is 5.91 Å². The molecule has 0 saturated carbocycles. The smallest absolute Gasteiger partial charge is 0.316 e. The SMILES string of the molecule is COc1ncc(CCNC(=O)c2cc(C(C)C)on2)cn1. The van der Waals surface area contributed by atoms with Crippen molar-refractivity contribution in [3.8, 4) is 6.01 Å². The second-order valence-electron chi connectivity index (χ2n) is 4.85. The molecule has 0 spiro atoms. The van der Waals surface area contributed by atoms with E-state index in [0.717, 1.165) is 5.56 Å². The second kappa shape index (κ2) is 6.83. The topological polar surface area (TPSA) is 90.1 Å². The second-order valence-corrected chi connectivity index (χ2v) is 4.85. The van der Waals surface area contributed by atoms with Crippen molar-refractivity contribution in [3.63, 3.8) is 0 Å². The minimum atomic E-state index is -0.250. The van der Waals surface area contributed by atoms with Crippen LogP contribution in [0.1, 0.15) is 41.6 Å². The van der Waals surface area contributed by atoms with E-state index in [0.29, 0.717) is 30.4 Å². The first-order valence-electron chi connectivity index (χ1n) is 6.70. The van der Waals surface area contributed by atoms with Crippen LogP contribution in [0.2, 0.25) is 0 Å². The number of carbonyl (C=O) groups excluding carboxylic acids is 1. The third-order valence-electron chi connectivity index (χ3n) is 2.89. The standard InChI is InChI=1S/C14H18N4O3/c1-9(2)12-6-11(18-21-12)13(19)15-5-4-10-7-16-14(20-3)17-8-10/h6-9H,4-5H2,1-3H3,(H,15,19). The van der Waals surface area contributed by atoms with Crippen molar-refractivity contribution in [2.75, 3.05) is 13.7 Å². The first kappa shape index (κ1) is 15.0. The molecule has 0 bridgehead atoms. The molecule has 0 aromatic carbocycles. The van der Waals surface area contributed by atoms with Crippen molar-refractivity contribution in [2.45, 2.75) is 26.2 Å². The number of nitrogens with zero attached hydrogens (tertiary/aromatic N) is 3. The lowest BCUT2D eigenvalue weighted by Crippen LogP contribution is -2.26. The molecule has 112 valence electrons. The highest BCUT2D eigenvalue weighted by molar-refractivity contribution is 5.92. The van der Waals surface area contributed by atoms with E-state index in [4.69, 9.17) is 9.26 Å². The lowest BCUT2D eigenvalue weighted by molar-refractivity contribution is 0.0945. The summed E-state index contributed by atoms with van der Waals surface area (Å²) in [7, 11) is 1.51. The van der Waals surface area contributed by atoms with Crippen molar-refractivity contribution in [3.05, 3.63) is 35.5 Å². The molecule has 2 aromatic rings. The molecule has 0 radical (unpaired) electrons. The molecule has 0 aliphatic heterocycles. The molecule has 2 aromatic heterocycles. The maximum absolute atomic E-state index is 11.9. The van der Waals surface area contributed by atoms with Crippen LogP contribution in [-0.4, -0.2) is 34.7 Å². The van der Waals surface area contributed by atoms with Gasteiger partial charge in [-0.15, -0.1) is 0 Å². The van der Waals surface area contributed by atoms with Crippen molar-refractivity contribution in [1.29, 1.82) is 0 Å². The highest BCUT2D eigenvalue weighted by atomic mass is 16.5. The van der Waals surface area contributed by atoms with Crippen LogP contribution in [0.25, 0.3) is 0 Å². The average Bonchev–Trinajstić information content (AvgIpc) is 2.98. The molecular formula is C14H18N4O3. The van der Waals surface area contributed by atoms with E-state index < -0.39 is 0 Å². The minimum Gasteiger partial charge on any atom is -0.467 e. The first-order chi connectivity index (χ1) is 10.1. The summed E-state index contributed by atoms with van der Waals surface area (Å²) in [5.41, 5.74) is 1.21. The summed E-state index contributed by atoms with van der Waals surface area (Å²) in [6.07, 6.45) is 3.97. The number of methoxy groups -OCH3 is 1. The Balaban J connectivity index is 1.83. The van der Waals surface area contributed by atoms with E-state index >= 15 is 0 Å². The first-order valence-corrected chi connectivity index (χ1v) is 6.70. The Morgan fingerprint density at radius 1 is 1.38 bits per heavy atom. The molecule has 0 fully saturated rings. The summed E-state index contributed by atoms with van der Waals surface area (Å²) < 4.78 is 9.97. The maximum atomic E-state index is 11.9. The van der Waals surface area contributed by atoms with Gasteiger partial charge in [-0.2, -0.15) is 0 Å². The van der Waals surface area contributed by atoms with Crippen LogP contribution in [-0.2, 0) is 6.42 Å². The van der Waals surface area contributed by atoms with E-state index in [-0.39, 0.29) is 11.8 Å². The van der Waals surface area contributed by atoms with Crippen LogP contribution in [0.3, 0.4) is 0 Å². The van der Waals surface area contributed by atoms with Crippen molar-refractivity contribution in [1.82, 2.24) is 20.4 Å². The Hall–Kier alpha value is -2.44. The summed E-state index contributed by atoms with van der Waals surface area (Å²) in [5.74, 6) is 0.652. The predicted molar refractivity (Wildman–Crippen MR) is 75.2 cm³/mol. The summed E-state index contributed by atoms with van der Waals surface area (Å²) in [5, 5.41) is 6.54. The average molecular weight is 290 g/mol. The fourth-order valence-corrected chi connectivity index (χ4v) is 1.66. The number of hydrogen-bond donors (Lipinski definition) is 1. The lowest BCUT2D eigenvalue weighted by atomic mass is 10.1. The summed E-state index contributed by atoms with van der Waals surface area (Å²) >= 11 is 0. The van der Waals surface area contributed by atoms with Crippen LogP contribution in [0.4, 0.5) is 0 Å². The zero-order chi connectivity index (χ0) is 15.2. The minimum absolute atomic E-state index is 0.204. The van der Waals surface area contributed by atoms with Crippen LogP contribution in [0.15, 0.2) is 23.0 Å². The van der Waals surface area contributed by atoms with E-state index in [9.17, 15) is 4.79 Å². The van der Waals surface area contributed by atoms with Gasteiger partial charge in [-0.3, -0.25) is 4.79 Å². The Bertz CT molecular complexity index is 593. The highest BCUT2D eigenvalue weighted by Crippen LogP contribution is 2.14. The van der Waals surface area contributed by atoms with Crippen LogP contribution >= 0.6 is 0 Å². The zero-order valence-corrected chi connectivity index (χ0v) is 12.3. The number of aromatic nitrogens is 3. The molecule has 21 heavy (non-hydrogen) atoms. The van der Waals surface area contributed by atoms with Gasteiger partial charge in [0.1, 0.15) is 5.76 Å². The molecule has 2 rings (SSSR count). The zero-order valence-electron chi connectivity index (χ0n) is 12.3. The Labute approximate surface area is 122 Å². The van der Waals surface area contributed by atoms with Gasteiger partial charge in [0.05, 0.1) is 7.11 Å². The van der Waals surface area contributed by atoms with Gasteiger partial charge in [-0.05, 0) is 12.0 Å². The quantitative estimate of drug-likeness (QED) is 0.868. The fraction of sp³-hybridized carbons (Fsp3) is 0.429. The molecule has 7 heteroatoms. The third-order valence-corrected chi connectivity index (χ3v) is 2.89. The summed E-state index contributed by atoms with van der Waals surface area (Å²) in [6, 6.07) is 1.99. The van der Waals surface area contributed by atoms with Gasteiger partial charge in [-0.1, -0.05) is 19.0 Å². The molecule has 2 heterocycles. The van der Waals surface area contributed by atoms with Crippen LogP contribution < -0.4 is 10.1 Å². The summed E-state index contributed by atoms with van der Waals surface area (Å²) in [4.78, 5) is 19.9. The number of carbonyl (C=O) groups is 1.